The van der Waals surface area contributed by atoms with Crippen LogP contribution in [0.25, 0.3) is 10.9 Å². The van der Waals surface area contributed by atoms with Gasteiger partial charge in [-0.1, -0.05) is 0 Å². The molecule has 2 N–H and O–H groups in total. The summed E-state index contributed by atoms with van der Waals surface area (Å²) in [6.45, 7) is 0.954. The van der Waals surface area contributed by atoms with Crippen molar-refractivity contribution in [1.29, 1.82) is 0 Å². The van der Waals surface area contributed by atoms with Gasteiger partial charge >= 0.3 is 0 Å². The normalized spacial score (nSPS) is 20.5. The van der Waals surface area contributed by atoms with Crippen molar-refractivity contribution in [2.45, 2.75) is 25.4 Å². The Morgan fingerprint density at radius 1 is 1.33 bits per heavy atom. The summed E-state index contributed by atoms with van der Waals surface area (Å²) < 4.78 is 15.3. The van der Waals surface area contributed by atoms with Crippen LogP contribution < -0.4 is 5.73 Å². The molecule has 1 unspecified atom stereocenters. The van der Waals surface area contributed by atoms with Crippen molar-refractivity contribution in [3.8, 4) is 0 Å². The Balaban J connectivity index is 2.31. The first-order valence-electron chi connectivity index (χ1n) is 5.30. The molecule has 0 saturated carbocycles. The lowest BCUT2D eigenvalue weighted by Gasteiger charge is -2.21. The molecule has 1 aliphatic rings. The maximum Gasteiger partial charge on any atom is 0.125 e. The zero-order chi connectivity index (χ0) is 10.4. The molecular weight excluding hydrogens is 191 g/mol. The van der Waals surface area contributed by atoms with E-state index in [9.17, 15) is 4.39 Å². The maximum absolute atomic E-state index is 13.1. The molecule has 2 heterocycles. The van der Waals surface area contributed by atoms with Crippen LogP contribution in [0.1, 0.15) is 24.6 Å². The van der Waals surface area contributed by atoms with E-state index < -0.39 is 0 Å². The SMILES string of the molecule is NC1CCCn2c1cc1ccc(F)cc12. The molecule has 15 heavy (non-hydrogen) atoms. The molecule has 0 fully saturated rings. The van der Waals surface area contributed by atoms with Crippen molar-refractivity contribution < 1.29 is 4.39 Å². The highest BCUT2D eigenvalue weighted by molar-refractivity contribution is 5.81. The van der Waals surface area contributed by atoms with Gasteiger partial charge in [-0.05, 0) is 37.1 Å². The maximum atomic E-state index is 13.1. The fraction of sp³-hybridized carbons (Fsp3) is 0.333. The van der Waals surface area contributed by atoms with Gasteiger partial charge in [-0.3, -0.25) is 0 Å². The van der Waals surface area contributed by atoms with Gasteiger partial charge in [0.15, 0.2) is 0 Å². The highest BCUT2D eigenvalue weighted by Crippen LogP contribution is 2.30. The Kier molecular flexibility index (Phi) is 1.83. The van der Waals surface area contributed by atoms with Gasteiger partial charge in [-0.2, -0.15) is 0 Å². The van der Waals surface area contributed by atoms with Crippen LogP contribution in [0, 0.1) is 5.82 Å². The molecule has 2 nitrogen and oxygen atoms in total. The number of benzene rings is 1. The lowest BCUT2D eigenvalue weighted by Crippen LogP contribution is -2.20. The predicted octanol–water partition coefficient (Wildman–Crippen LogP) is 2.57. The molecule has 3 rings (SSSR count). The second-order valence-electron chi connectivity index (χ2n) is 4.17. The second-order valence-corrected chi connectivity index (χ2v) is 4.17. The molecule has 0 aliphatic carbocycles. The number of rotatable bonds is 0. The van der Waals surface area contributed by atoms with Gasteiger partial charge in [0.25, 0.3) is 0 Å². The lowest BCUT2D eigenvalue weighted by atomic mass is 10.1. The summed E-state index contributed by atoms with van der Waals surface area (Å²) in [4.78, 5) is 0. The number of halogens is 1. The van der Waals surface area contributed by atoms with E-state index in [-0.39, 0.29) is 11.9 Å². The summed E-state index contributed by atoms with van der Waals surface area (Å²) in [5.74, 6) is -0.178. The van der Waals surface area contributed by atoms with Gasteiger partial charge < -0.3 is 10.3 Å². The minimum atomic E-state index is -0.178. The van der Waals surface area contributed by atoms with Gasteiger partial charge in [0, 0.05) is 23.7 Å². The molecule has 1 aromatic carbocycles. The van der Waals surface area contributed by atoms with Crippen LogP contribution in [-0.4, -0.2) is 4.57 Å². The van der Waals surface area contributed by atoms with Crippen molar-refractivity contribution in [3.63, 3.8) is 0 Å². The van der Waals surface area contributed by atoms with E-state index in [2.05, 4.69) is 10.6 Å². The summed E-state index contributed by atoms with van der Waals surface area (Å²) in [5.41, 5.74) is 8.15. The number of nitrogens with zero attached hydrogens (tertiary/aromatic N) is 1. The van der Waals surface area contributed by atoms with E-state index in [1.165, 1.54) is 6.07 Å². The van der Waals surface area contributed by atoms with Crippen LogP contribution in [0.3, 0.4) is 0 Å². The molecule has 78 valence electrons. The molecule has 3 heteroatoms. The monoisotopic (exact) mass is 204 g/mol. The minimum Gasteiger partial charge on any atom is -0.343 e. The summed E-state index contributed by atoms with van der Waals surface area (Å²) in [7, 11) is 0. The first kappa shape index (κ1) is 8.92. The summed E-state index contributed by atoms with van der Waals surface area (Å²) in [6, 6.07) is 7.10. The van der Waals surface area contributed by atoms with Gasteiger partial charge in [0.05, 0.1) is 5.52 Å². The average molecular weight is 204 g/mol. The predicted molar refractivity (Wildman–Crippen MR) is 58.1 cm³/mol. The van der Waals surface area contributed by atoms with E-state index in [0.717, 1.165) is 36.0 Å². The highest BCUT2D eigenvalue weighted by Gasteiger charge is 2.19. The fourth-order valence-corrected chi connectivity index (χ4v) is 2.42. The highest BCUT2D eigenvalue weighted by atomic mass is 19.1. The van der Waals surface area contributed by atoms with E-state index in [1.807, 2.05) is 6.07 Å². The van der Waals surface area contributed by atoms with Crippen molar-refractivity contribution in [1.82, 2.24) is 4.57 Å². The zero-order valence-electron chi connectivity index (χ0n) is 8.41. The summed E-state index contributed by atoms with van der Waals surface area (Å²) in [6.07, 6.45) is 2.10. The van der Waals surface area contributed by atoms with Crippen LogP contribution in [0.4, 0.5) is 4.39 Å². The number of hydrogen-bond acceptors (Lipinski definition) is 1. The Morgan fingerprint density at radius 3 is 3.07 bits per heavy atom. The number of fused-ring (bicyclic) bond motifs is 3. The second kappa shape index (κ2) is 3.07. The molecule has 1 aliphatic heterocycles. The van der Waals surface area contributed by atoms with Crippen molar-refractivity contribution >= 4 is 10.9 Å². The lowest BCUT2D eigenvalue weighted by molar-refractivity contribution is 0.471. The topological polar surface area (TPSA) is 30.9 Å². The van der Waals surface area contributed by atoms with Gasteiger partial charge in [-0.25, -0.2) is 4.39 Å². The first-order chi connectivity index (χ1) is 7.25. The molecule has 0 radical (unpaired) electrons. The molecule has 0 spiro atoms. The first-order valence-corrected chi connectivity index (χ1v) is 5.30. The number of aromatic nitrogens is 1. The zero-order valence-corrected chi connectivity index (χ0v) is 8.41. The number of aryl methyl sites for hydroxylation is 1. The van der Waals surface area contributed by atoms with Gasteiger partial charge in [0.2, 0.25) is 0 Å². The number of hydrogen-bond donors (Lipinski definition) is 1. The van der Waals surface area contributed by atoms with E-state index in [0.29, 0.717) is 0 Å². The van der Waals surface area contributed by atoms with Gasteiger partial charge in [-0.15, -0.1) is 0 Å². The third-order valence-electron chi connectivity index (χ3n) is 3.18. The van der Waals surface area contributed by atoms with Crippen LogP contribution in [0.5, 0.6) is 0 Å². The molecule has 0 bridgehead atoms. The fourth-order valence-electron chi connectivity index (χ4n) is 2.42. The van der Waals surface area contributed by atoms with Crippen LogP contribution in [-0.2, 0) is 6.54 Å². The number of nitrogens with two attached hydrogens (primary N) is 1. The standard InChI is InChI=1S/C12H13FN2/c13-9-4-3-8-6-12-10(14)2-1-5-15(12)11(8)7-9/h3-4,6-7,10H,1-2,5,14H2. The van der Waals surface area contributed by atoms with Gasteiger partial charge in [0.1, 0.15) is 5.82 Å². The smallest absolute Gasteiger partial charge is 0.125 e. The third kappa shape index (κ3) is 1.27. The Hall–Kier alpha value is -1.35. The Morgan fingerprint density at radius 2 is 2.20 bits per heavy atom. The molecule has 1 atom stereocenters. The van der Waals surface area contributed by atoms with Crippen LogP contribution in [0.15, 0.2) is 24.3 Å². The van der Waals surface area contributed by atoms with Crippen LogP contribution in [0.2, 0.25) is 0 Å². The van der Waals surface area contributed by atoms with E-state index >= 15 is 0 Å². The quantitative estimate of drug-likeness (QED) is 0.702. The minimum absolute atomic E-state index is 0.106. The molecule has 1 aromatic heterocycles. The molecular formula is C12H13FN2. The summed E-state index contributed by atoms with van der Waals surface area (Å²) >= 11 is 0. The summed E-state index contributed by atoms with van der Waals surface area (Å²) in [5, 5.41) is 1.09. The van der Waals surface area contributed by atoms with Crippen molar-refractivity contribution in [2.24, 2.45) is 5.73 Å². The van der Waals surface area contributed by atoms with E-state index in [4.69, 9.17) is 5.73 Å². The Bertz CT molecular complexity index is 516. The van der Waals surface area contributed by atoms with E-state index in [1.54, 1.807) is 6.07 Å². The molecule has 0 saturated heterocycles. The van der Waals surface area contributed by atoms with Crippen LogP contribution >= 0.6 is 0 Å². The largest absolute Gasteiger partial charge is 0.343 e. The Labute approximate surface area is 87.5 Å². The molecule has 0 amide bonds. The third-order valence-corrected chi connectivity index (χ3v) is 3.18. The average Bonchev–Trinajstić information content (AvgIpc) is 2.58. The molecule has 2 aromatic rings. The van der Waals surface area contributed by atoms with Crippen molar-refractivity contribution in [3.05, 3.63) is 35.8 Å². The van der Waals surface area contributed by atoms with Crippen molar-refractivity contribution in [2.75, 3.05) is 0 Å².